The van der Waals surface area contributed by atoms with E-state index in [1.54, 1.807) is 6.08 Å². The Hall–Kier alpha value is -1.16. The fourth-order valence-corrected chi connectivity index (χ4v) is 2.02. The van der Waals surface area contributed by atoms with Crippen LogP contribution in [0, 0.1) is 0 Å². The number of aliphatic carboxylic acids is 1. The van der Waals surface area contributed by atoms with Crippen molar-refractivity contribution in [3.8, 4) is 0 Å². The zero-order valence-corrected chi connectivity index (χ0v) is 9.97. The summed E-state index contributed by atoms with van der Waals surface area (Å²) in [6.07, 6.45) is 2.40. The van der Waals surface area contributed by atoms with Crippen molar-refractivity contribution in [3.05, 3.63) is 22.2 Å². The molecule has 0 aromatic carbocycles. The third-order valence-corrected chi connectivity index (χ3v) is 3.08. The lowest BCUT2D eigenvalue weighted by Crippen LogP contribution is -2.00. The smallest absolute Gasteiger partial charge is 0.337 e. The monoisotopic (exact) mass is 225 g/mol. The van der Waals surface area contributed by atoms with E-state index in [1.807, 2.05) is 26.2 Å². The Bertz CT molecular complexity index is 380. The van der Waals surface area contributed by atoms with E-state index in [2.05, 4.69) is 4.98 Å². The number of carboxylic acid groups (broad SMARTS) is 1. The molecule has 1 rings (SSSR count). The highest BCUT2D eigenvalue weighted by atomic mass is 32.1. The van der Waals surface area contributed by atoms with E-state index in [0.29, 0.717) is 23.6 Å². The lowest BCUT2D eigenvalue weighted by atomic mass is 10.1. The van der Waals surface area contributed by atoms with Gasteiger partial charge in [-0.3, -0.25) is 0 Å². The lowest BCUT2D eigenvalue weighted by Gasteiger charge is -1.98. The summed E-state index contributed by atoms with van der Waals surface area (Å²) in [6.45, 7) is 6.01. The molecule has 0 unspecified atom stereocenters. The minimum atomic E-state index is -0.905. The summed E-state index contributed by atoms with van der Waals surface area (Å²) in [5.74, 6) is -0.558. The van der Waals surface area contributed by atoms with Gasteiger partial charge in [-0.1, -0.05) is 26.8 Å². The molecule has 15 heavy (non-hydrogen) atoms. The highest BCUT2D eigenvalue weighted by Crippen LogP contribution is 2.23. The second-order valence-electron chi connectivity index (χ2n) is 3.56. The highest BCUT2D eigenvalue weighted by molar-refractivity contribution is 7.09. The molecule has 0 aliphatic carbocycles. The molecule has 0 saturated carbocycles. The molecule has 0 aliphatic rings. The van der Waals surface area contributed by atoms with Crippen molar-refractivity contribution >= 4 is 22.9 Å². The summed E-state index contributed by atoms with van der Waals surface area (Å²) in [5.41, 5.74) is 0.888. The number of carboxylic acids is 1. The maximum Gasteiger partial charge on any atom is 0.337 e. The van der Waals surface area contributed by atoms with Crippen molar-refractivity contribution in [3.63, 3.8) is 0 Å². The number of aromatic nitrogens is 1. The maximum atomic E-state index is 11.0. The molecule has 3 nitrogen and oxygen atoms in total. The van der Waals surface area contributed by atoms with Crippen LogP contribution in [-0.2, 0) is 4.79 Å². The average molecular weight is 225 g/mol. The number of hydrogen-bond donors (Lipinski definition) is 1. The average Bonchev–Trinajstić information content (AvgIpc) is 2.62. The van der Waals surface area contributed by atoms with Crippen LogP contribution < -0.4 is 0 Å². The van der Waals surface area contributed by atoms with Crippen LogP contribution in [0.5, 0.6) is 0 Å². The van der Waals surface area contributed by atoms with Crippen LogP contribution in [0.4, 0.5) is 0 Å². The van der Waals surface area contributed by atoms with E-state index in [9.17, 15) is 4.79 Å². The molecular weight excluding hydrogens is 210 g/mol. The van der Waals surface area contributed by atoms with Gasteiger partial charge in [0.05, 0.1) is 16.3 Å². The molecule has 0 spiro atoms. The Kier molecular flexibility index (Phi) is 4.03. The fourth-order valence-electron chi connectivity index (χ4n) is 1.18. The Morgan fingerprint density at radius 3 is 2.73 bits per heavy atom. The van der Waals surface area contributed by atoms with Gasteiger partial charge in [-0.25, -0.2) is 9.78 Å². The van der Waals surface area contributed by atoms with Gasteiger partial charge < -0.3 is 5.11 Å². The van der Waals surface area contributed by atoms with Gasteiger partial charge in [-0.05, 0) is 6.42 Å². The molecule has 0 fully saturated rings. The highest BCUT2D eigenvalue weighted by Gasteiger charge is 2.14. The van der Waals surface area contributed by atoms with Gasteiger partial charge in [0.1, 0.15) is 0 Å². The van der Waals surface area contributed by atoms with Gasteiger partial charge in [-0.2, -0.15) is 0 Å². The Morgan fingerprint density at radius 1 is 1.67 bits per heavy atom. The Balaban J connectivity index is 3.03. The van der Waals surface area contributed by atoms with Crippen molar-refractivity contribution in [1.29, 1.82) is 0 Å². The van der Waals surface area contributed by atoms with Crippen molar-refractivity contribution in [1.82, 2.24) is 4.98 Å². The first-order valence-corrected chi connectivity index (χ1v) is 5.83. The number of rotatable bonds is 4. The number of nitrogens with zero attached hydrogens (tertiary/aromatic N) is 1. The molecule has 0 radical (unpaired) electrons. The molecule has 1 heterocycles. The summed E-state index contributed by atoms with van der Waals surface area (Å²) in [6, 6.07) is 0. The molecule has 1 N–H and O–H groups in total. The second kappa shape index (κ2) is 5.07. The first-order chi connectivity index (χ1) is 7.06. The maximum absolute atomic E-state index is 11.0. The van der Waals surface area contributed by atoms with Crippen molar-refractivity contribution in [2.24, 2.45) is 0 Å². The van der Waals surface area contributed by atoms with Gasteiger partial charge in [0, 0.05) is 11.3 Å². The van der Waals surface area contributed by atoms with Gasteiger partial charge >= 0.3 is 5.97 Å². The largest absolute Gasteiger partial charge is 0.478 e. The third kappa shape index (κ3) is 2.89. The van der Waals surface area contributed by atoms with Crippen LogP contribution in [0.25, 0.3) is 5.57 Å². The number of allylic oxidation sites excluding steroid dienone is 1. The summed E-state index contributed by atoms with van der Waals surface area (Å²) in [4.78, 5) is 15.3. The van der Waals surface area contributed by atoms with Crippen LogP contribution in [0.2, 0.25) is 0 Å². The van der Waals surface area contributed by atoms with Gasteiger partial charge in [0.25, 0.3) is 0 Å². The summed E-state index contributed by atoms with van der Waals surface area (Å²) in [5, 5.41) is 11.8. The molecule has 0 aliphatic heterocycles. The van der Waals surface area contributed by atoms with Gasteiger partial charge in [-0.15, -0.1) is 11.3 Å². The van der Waals surface area contributed by atoms with Crippen molar-refractivity contribution in [2.45, 2.75) is 33.1 Å². The minimum Gasteiger partial charge on any atom is -0.478 e. The van der Waals surface area contributed by atoms with Crippen LogP contribution in [0.15, 0.2) is 11.5 Å². The van der Waals surface area contributed by atoms with Crippen LogP contribution in [0.3, 0.4) is 0 Å². The molecule has 4 heteroatoms. The topological polar surface area (TPSA) is 50.2 Å². The standard InChI is InChI=1S/C11H15NO2S/c1-4-5-8(11(13)14)9-6-15-10(12-9)7(2)3/h5-7H,4H2,1-3H3,(H,13,14). The van der Waals surface area contributed by atoms with E-state index < -0.39 is 5.97 Å². The van der Waals surface area contributed by atoms with Crippen LogP contribution in [-0.4, -0.2) is 16.1 Å². The van der Waals surface area contributed by atoms with E-state index in [-0.39, 0.29) is 0 Å². The molecule has 0 saturated heterocycles. The SMILES string of the molecule is CCC=C(C(=O)O)c1csc(C(C)C)n1. The molecular formula is C11H15NO2S. The molecule has 1 aromatic heterocycles. The predicted octanol–water partition coefficient (Wildman–Crippen LogP) is 3.14. The summed E-state index contributed by atoms with van der Waals surface area (Å²) < 4.78 is 0. The van der Waals surface area contributed by atoms with E-state index in [0.717, 1.165) is 5.01 Å². The zero-order chi connectivity index (χ0) is 11.4. The summed E-state index contributed by atoms with van der Waals surface area (Å²) >= 11 is 1.51. The fraction of sp³-hybridized carbons (Fsp3) is 0.455. The first kappa shape index (κ1) is 11.9. The number of thiazole rings is 1. The first-order valence-electron chi connectivity index (χ1n) is 4.95. The van der Waals surface area contributed by atoms with E-state index >= 15 is 0 Å². The zero-order valence-electron chi connectivity index (χ0n) is 9.15. The molecule has 82 valence electrons. The van der Waals surface area contributed by atoms with E-state index in [1.165, 1.54) is 11.3 Å². The molecule has 0 amide bonds. The van der Waals surface area contributed by atoms with Gasteiger partial charge in [0.15, 0.2) is 0 Å². The predicted molar refractivity (Wildman–Crippen MR) is 62.1 cm³/mol. The van der Waals surface area contributed by atoms with Gasteiger partial charge in [0.2, 0.25) is 0 Å². The lowest BCUT2D eigenvalue weighted by molar-refractivity contribution is -0.130. The van der Waals surface area contributed by atoms with Crippen LogP contribution >= 0.6 is 11.3 Å². The Labute approximate surface area is 93.5 Å². The third-order valence-electron chi connectivity index (χ3n) is 1.93. The molecule has 0 atom stereocenters. The van der Waals surface area contributed by atoms with E-state index in [4.69, 9.17) is 5.11 Å². The molecule has 1 aromatic rings. The second-order valence-corrected chi connectivity index (χ2v) is 4.45. The quantitative estimate of drug-likeness (QED) is 0.801. The Morgan fingerprint density at radius 2 is 2.33 bits per heavy atom. The number of hydrogen-bond acceptors (Lipinski definition) is 3. The van der Waals surface area contributed by atoms with Crippen LogP contribution in [0.1, 0.15) is 43.8 Å². The van der Waals surface area contributed by atoms with Crippen molar-refractivity contribution < 1.29 is 9.90 Å². The number of carbonyl (C=O) groups is 1. The van der Waals surface area contributed by atoms with Crippen molar-refractivity contribution in [2.75, 3.05) is 0 Å². The molecule has 0 bridgehead atoms. The summed E-state index contributed by atoms with van der Waals surface area (Å²) in [7, 11) is 0. The normalized spacial score (nSPS) is 12.1. The minimum absolute atomic E-state index is 0.306.